The van der Waals surface area contributed by atoms with Crippen LogP contribution in [0.4, 0.5) is 4.31 Å². The summed E-state index contributed by atoms with van der Waals surface area (Å²) in [5.41, 5.74) is 0. The van der Waals surface area contributed by atoms with E-state index in [4.69, 9.17) is 0 Å². The Morgan fingerprint density at radius 2 is 1.68 bits per heavy atom. The molecule has 2 aromatic heterocycles. The molecule has 0 amide bonds. The molecule has 10 heteroatoms. The zero-order valence-corrected chi connectivity index (χ0v) is 18.3. The molecule has 2 aliphatic rings. The van der Waals surface area contributed by atoms with Crippen molar-refractivity contribution in [3.63, 3.8) is 0 Å². The smallest absolute Gasteiger partial charge is 0.503 e. The van der Waals surface area contributed by atoms with Crippen LogP contribution in [0, 0.1) is 0 Å². The monoisotopic (exact) mass is 457 g/mol. The minimum atomic E-state index is -0.349. The zero-order chi connectivity index (χ0) is 19.4. The summed E-state index contributed by atoms with van der Waals surface area (Å²) in [6.45, 7) is 2.03. The van der Waals surface area contributed by atoms with Crippen molar-refractivity contribution in [3.8, 4) is 11.5 Å². The number of aliphatic hydroxyl groups is 2. The maximum Gasteiger partial charge on any atom is 0.516 e. The number of aliphatic hydroxyl groups excluding tert-OH is 2. The van der Waals surface area contributed by atoms with Crippen LogP contribution in [-0.2, 0) is 0 Å². The molecule has 3 aromatic rings. The van der Waals surface area contributed by atoms with E-state index in [9.17, 15) is 20.4 Å². The van der Waals surface area contributed by atoms with Gasteiger partial charge in [-0.1, -0.05) is 22.7 Å². The predicted molar refractivity (Wildman–Crippen MR) is 117 cm³/mol. The van der Waals surface area contributed by atoms with E-state index < -0.39 is 0 Å². The van der Waals surface area contributed by atoms with E-state index in [1.165, 1.54) is 45.3 Å². The van der Waals surface area contributed by atoms with E-state index in [1.54, 1.807) is 0 Å². The van der Waals surface area contributed by atoms with Gasteiger partial charge in [0.05, 0.1) is 0 Å². The highest BCUT2D eigenvalue weighted by Gasteiger charge is 2.36. The van der Waals surface area contributed by atoms with Gasteiger partial charge in [0.1, 0.15) is 28.2 Å². The third kappa shape index (κ3) is 3.16. The molecule has 0 bridgehead atoms. The third-order valence-corrected chi connectivity index (χ3v) is 10.5. The van der Waals surface area contributed by atoms with Crippen LogP contribution in [0.25, 0.3) is 18.8 Å². The second-order valence-electron chi connectivity index (χ2n) is 7.26. The molecule has 1 saturated heterocycles. The van der Waals surface area contributed by atoms with Crippen LogP contribution in [-0.4, -0.2) is 63.1 Å². The van der Waals surface area contributed by atoms with Gasteiger partial charge in [0, 0.05) is 12.8 Å². The number of hydrogen-bond donors (Lipinski definition) is 4. The Balaban J connectivity index is 1.68. The van der Waals surface area contributed by atoms with E-state index in [1.807, 2.05) is 4.58 Å². The van der Waals surface area contributed by atoms with Crippen molar-refractivity contribution in [2.75, 3.05) is 19.6 Å². The second-order valence-corrected chi connectivity index (χ2v) is 11.8. The summed E-state index contributed by atoms with van der Waals surface area (Å²) in [6, 6.07) is 0. The van der Waals surface area contributed by atoms with E-state index in [-0.39, 0.29) is 23.7 Å². The van der Waals surface area contributed by atoms with Crippen molar-refractivity contribution in [3.05, 3.63) is 3.98 Å². The Kier molecular flexibility index (Phi) is 4.88. The van der Waals surface area contributed by atoms with Gasteiger partial charge < -0.3 is 20.4 Å². The van der Waals surface area contributed by atoms with Crippen molar-refractivity contribution < 1.29 is 25.0 Å². The molecule has 1 fully saturated rings. The van der Waals surface area contributed by atoms with Gasteiger partial charge in [0.15, 0.2) is 53.5 Å². The second kappa shape index (κ2) is 7.26. The van der Waals surface area contributed by atoms with Gasteiger partial charge in [-0.3, -0.25) is 0 Å². The van der Waals surface area contributed by atoms with Crippen molar-refractivity contribution in [2.24, 2.45) is 0 Å². The van der Waals surface area contributed by atoms with E-state index in [2.05, 4.69) is 10.8 Å². The third-order valence-electron chi connectivity index (χ3n) is 5.18. The molecular weight excluding hydrogens is 436 g/mol. The summed E-state index contributed by atoms with van der Waals surface area (Å²) in [5.74, 6) is 0.441. The highest BCUT2D eigenvalue weighted by atomic mass is 32.2. The first-order valence-electron chi connectivity index (χ1n) is 9.29. The topological polar surface area (TPSA) is 86.9 Å². The summed E-state index contributed by atoms with van der Waals surface area (Å²) in [5, 5.41) is 41.8. The van der Waals surface area contributed by atoms with Gasteiger partial charge in [0.25, 0.3) is 0 Å². The van der Waals surface area contributed by atoms with Gasteiger partial charge in [-0.15, -0.1) is 4.58 Å². The average molecular weight is 458 g/mol. The van der Waals surface area contributed by atoms with Crippen molar-refractivity contribution in [2.45, 2.75) is 37.9 Å². The number of phenols is 2. The van der Waals surface area contributed by atoms with Crippen LogP contribution >= 0.6 is 45.3 Å². The largest absolute Gasteiger partial charge is 0.516 e. The SMILES string of the molecule is Oc1c2sc(=[N+]3CCCC(O)C3)sc2c(O)c2[s+]c([N+]3=CCCC(O)C3)sc12. The van der Waals surface area contributed by atoms with Gasteiger partial charge in [-0.05, 0) is 12.8 Å². The number of benzene rings is 1. The Hall–Kier alpha value is -1.17. The lowest BCUT2D eigenvalue weighted by atomic mass is 10.1. The molecule has 6 nitrogen and oxygen atoms in total. The molecule has 0 radical (unpaired) electrons. The normalized spacial score (nSPS) is 23.5. The lowest BCUT2D eigenvalue weighted by molar-refractivity contribution is -0.446. The van der Waals surface area contributed by atoms with E-state index >= 15 is 0 Å². The number of hydrogen-bond acceptors (Lipinski definition) is 7. The van der Waals surface area contributed by atoms with Gasteiger partial charge in [0.2, 0.25) is 9.40 Å². The lowest BCUT2D eigenvalue weighted by Crippen LogP contribution is -2.39. The Labute approximate surface area is 176 Å². The fraction of sp³-hybridized carbons (Fsp3) is 0.500. The Morgan fingerprint density at radius 3 is 2.43 bits per heavy atom. The zero-order valence-electron chi connectivity index (χ0n) is 15.0. The van der Waals surface area contributed by atoms with Crippen LogP contribution < -0.4 is 8.56 Å². The summed E-state index contributed by atoms with van der Waals surface area (Å²) in [4.78, 5) is 0. The molecule has 0 aliphatic carbocycles. The summed E-state index contributed by atoms with van der Waals surface area (Å²) < 4.78 is 8.93. The highest BCUT2D eigenvalue weighted by Crippen LogP contribution is 2.52. The maximum atomic E-state index is 10.9. The van der Waals surface area contributed by atoms with Crippen molar-refractivity contribution in [1.82, 2.24) is 4.58 Å². The van der Waals surface area contributed by atoms with Crippen LogP contribution in [0.2, 0.25) is 0 Å². The average Bonchev–Trinajstić information content (AvgIpc) is 3.32. The summed E-state index contributed by atoms with van der Waals surface area (Å²) >= 11 is 5.87. The number of nitrogens with zero attached hydrogens (tertiary/aromatic N) is 2. The molecule has 0 spiro atoms. The van der Waals surface area contributed by atoms with E-state index in [0.29, 0.717) is 31.9 Å². The number of phenolic OH excluding ortho intramolecular Hbond substituents is 2. The van der Waals surface area contributed by atoms with Crippen LogP contribution in [0.15, 0.2) is 0 Å². The van der Waals surface area contributed by atoms with Crippen LogP contribution in [0.3, 0.4) is 0 Å². The van der Waals surface area contributed by atoms with Crippen molar-refractivity contribution >= 4 is 74.7 Å². The highest BCUT2D eigenvalue weighted by molar-refractivity contribution is 7.44. The molecule has 2 aliphatic heterocycles. The lowest BCUT2D eigenvalue weighted by Gasteiger charge is -2.14. The van der Waals surface area contributed by atoms with Gasteiger partial charge in [-0.25, -0.2) is 4.58 Å². The minimum absolute atomic E-state index is 0.220. The number of β-amino-alcohol motifs (C(OH)–C–C–N with tert-alkyl or cyclic N) is 2. The van der Waals surface area contributed by atoms with Crippen LogP contribution in [0.5, 0.6) is 11.5 Å². The van der Waals surface area contributed by atoms with E-state index in [0.717, 1.165) is 40.5 Å². The Bertz CT molecular complexity index is 1120. The molecule has 4 N–H and O–H groups in total. The molecular formula is C18H21N2O4S4+3. The fourth-order valence-electron chi connectivity index (χ4n) is 3.74. The quantitative estimate of drug-likeness (QED) is 0.257. The standard InChI is InChI=1S/C18H19N2O4S4/c21-9-3-1-5-19(7-9)17-25-13-11(23)15-16(12(24)14(13)26-17)28-18(27-15)20-6-2-4-10(22)8-20/h5,9-10,21-22H,1-4,6-8H2/q+1/p+2. The minimum Gasteiger partial charge on any atom is -0.503 e. The first kappa shape index (κ1) is 18.8. The Morgan fingerprint density at radius 1 is 0.929 bits per heavy atom. The van der Waals surface area contributed by atoms with Crippen LogP contribution in [0.1, 0.15) is 25.7 Å². The van der Waals surface area contributed by atoms with Crippen molar-refractivity contribution in [1.29, 1.82) is 0 Å². The number of fused-ring (bicyclic) bond motifs is 2. The number of rotatable bonds is 1. The molecule has 4 heterocycles. The summed E-state index contributed by atoms with van der Waals surface area (Å²) in [7, 11) is 0. The molecule has 0 saturated carbocycles. The fourth-order valence-corrected chi connectivity index (χ4v) is 9.07. The summed E-state index contributed by atoms with van der Waals surface area (Å²) in [6.07, 6.45) is 4.77. The van der Waals surface area contributed by atoms with Gasteiger partial charge >= 0.3 is 8.30 Å². The number of piperidine rings is 1. The molecule has 1 aromatic carbocycles. The first-order valence-corrected chi connectivity index (χ1v) is 12.6. The predicted octanol–water partition coefficient (Wildman–Crippen LogP) is 2.73. The molecule has 5 rings (SSSR count). The maximum absolute atomic E-state index is 10.9. The molecule has 148 valence electrons. The molecule has 2 unspecified atom stereocenters. The number of aromatic hydroxyl groups is 2. The van der Waals surface area contributed by atoms with Gasteiger partial charge in [-0.2, -0.15) is 0 Å². The molecule has 28 heavy (non-hydrogen) atoms. The molecule has 2 atom stereocenters. The first-order chi connectivity index (χ1) is 13.5.